The highest BCUT2D eigenvalue weighted by molar-refractivity contribution is 7.46. The minimum atomic E-state index is -4.92. The number of carbonyl (C=O) groups excluding carboxylic acids is 2. The van der Waals surface area contributed by atoms with E-state index in [-0.39, 0.29) is 17.2 Å². The van der Waals surface area contributed by atoms with Crippen LogP contribution in [0, 0.1) is 0 Å². The predicted octanol–water partition coefficient (Wildman–Crippen LogP) is 3.40. The van der Waals surface area contributed by atoms with E-state index in [1.54, 1.807) is 0 Å². The van der Waals surface area contributed by atoms with Crippen molar-refractivity contribution in [3.8, 4) is 0 Å². The van der Waals surface area contributed by atoms with Crippen LogP contribution in [0.3, 0.4) is 0 Å². The van der Waals surface area contributed by atoms with Gasteiger partial charge in [-0.1, -0.05) is 36.4 Å². The molecule has 0 bridgehead atoms. The summed E-state index contributed by atoms with van der Waals surface area (Å²) in [6.07, 6.45) is 5.62. The zero-order chi connectivity index (χ0) is 26.6. The molecule has 2 amide bonds. The number of para-hydroxylation sites is 2. The van der Waals surface area contributed by atoms with Crippen LogP contribution in [-0.2, 0) is 25.7 Å². The number of imide groups is 1. The van der Waals surface area contributed by atoms with Gasteiger partial charge in [0.1, 0.15) is 6.73 Å². The minimum Gasteiger partial charge on any atom is -0.350 e. The van der Waals surface area contributed by atoms with Gasteiger partial charge in [0, 0.05) is 58.4 Å². The van der Waals surface area contributed by atoms with Gasteiger partial charge in [-0.05, 0) is 38.1 Å². The highest BCUT2D eigenvalue weighted by atomic mass is 31.2. The molecule has 0 unspecified atom stereocenters. The summed E-state index contributed by atoms with van der Waals surface area (Å²) in [4.78, 5) is 47.0. The first-order valence-corrected chi connectivity index (χ1v) is 13.9. The molecule has 6 rings (SSSR count). The van der Waals surface area contributed by atoms with Gasteiger partial charge >= 0.3 is 7.82 Å². The van der Waals surface area contributed by atoms with Crippen LogP contribution in [0.1, 0.15) is 30.0 Å². The molecule has 11 heteroatoms. The Morgan fingerprint density at radius 2 is 1.45 bits per heavy atom. The van der Waals surface area contributed by atoms with E-state index in [4.69, 9.17) is 0 Å². The van der Waals surface area contributed by atoms with E-state index < -0.39 is 26.4 Å². The highest BCUT2D eigenvalue weighted by Gasteiger charge is 2.42. The number of amides is 2. The van der Waals surface area contributed by atoms with Gasteiger partial charge in [0.25, 0.3) is 11.8 Å². The topological polar surface area (TPSA) is 126 Å². The minimum absolute atomic E-state index is 0.189. The summed E-state index contributed by atoms with van der Waals surface area (Å²) in [6.45, 7) is 0.926. The van der Waals surface area contributed by atoms with E-state index >= 15 is 0 Å². The van der Waals surface area contributed by atoms with Crippen LogP contribution in [-0.4, -0.2) is 55.5 Å². The number of rotatable bonds is 6. The number of phosphoric acid groups is 1. The number of nitrogens with one attached hydrogen (secondary N) is 1. The molecule has 2 aromatic carbocycles. The number of hydrogen-bond acceptors (Lipinski definition) is 5. The molecule has 196 valence electrons. The second-order valence-electron chi connectivity index (χ2n) is 9.66. The fourth-order valence-electron chi connectivity index (χ4n) is 5.66. The smallest absolute Gasteiger partial charge is 0.350 e. The van der Waals surface area contributed by atoms with Crippen molar-refractivity contribution in [3.63, 3.8) is 0 Å². The number of phosphoric ester groups is 1. The van der Waals surface area contributed by atoms with E-state index in [0.717, 1.165) is 52.6 Å². The molecule has 0 radical (unpaired) electrons. The molecule has 4 aromatic rings. The third kappa shape index (κ3) is 4.11. The van der Waals surface area contributed by atoms with Crippen LogP contribution in [0.15, 0.2) is 60.9 Å². The maximum atomic E-state index is 13.9. The zero-order valence-corrected chi connectivity index (χ0v) is 21.6. The molecule has 10 nitrogen and oxygen atoms in total. The van der Waals surface area contributed by atoms with Crippen molar-refractivity contribution in [2.24, 2.45) is 7.05 Å². The van der Waals surface area contributed by atoms with Crippen molar-refractivity contribution < 1.29 is 28.5 Å². The molecule has 0 saturated carbocycles. The summed E-state index contributed by atoms with van der Waals surface area (Å²) in [5.41, 5.74) is 3.42. The maximum absolute atomic E-state index is 13.9. The molecule has 38 heavy (non-hydrogen) atoms. The van der Waals surface area contributed by atoms with E-state index in [1.165, 1.54) is 0 Å². The molecular formula is C27H27N4O6P. The van der Waals surface area contributed by atoms with Gasteiger partial charge in [0.05, 0.1) is 11.1 Å². The molecule has 1 saturated heterocycles. The van der Waals surface area contributed by atoms with Gasteiger partial charge in [-0.15, -0.1) is 0 Å². The molecule has 2 aliphatic rings. The maximum Gasteiger partial charge on any atom is 0.471 e. The lowest BCUT2D eigenvalue weighted by Crippen LogP contribution is -2.33. The zero-order valence-electron chi connectivity index (χ0n) is 20.7. The second kappa shape index (κ2) is 9.34. The Labute approximate surface area is 218 Å². The Morgan fingerprint density at radius 3 is 2.08 bits per heavy atom. The molecule has 0 atom stereocenters. The third-order valence-electron chi connectivity index (χ3n) is 7.40. The van der Waals surface area contributed by atoms with Gasteiger partial charge in [-0.2, -0.15) is 0 Å². The molecule has 4 heterocycles. The molecule has 0 aliphatic carbocycles. The standard InChI is InChI=1S/C27H27N4O6P/c1-29-14-20(18-6-2-4-8-22(18)29)24-25(27(33)31(26(24)32)16-37-38(34,35)36)21-15-30(17-10-12-28-13-11-17)23-9-5-3-7-19(21)23/h2-9,14-15,17,28H,10-13,16H2,1H3,(H2,34,35,36). The van der Waals surface area contributed by atoms with E-state index in [9.17, 15) is 23.9 Å². The lowest BCUT2D eigenvalue weighted by Gasteiger charge is -2.25. The van der Waals surface area contributed by atoms with Gasteiger partial charge in [0.15, 0.2) is 0 Å². The molecule has 2 aromatic heterocycles. The summed E-state index contributed by atoms with van der Waals surface area (Å²) in [6, 6.07) is 15.6. The Morgan fingerprint density at radius 1 is 0.895 bits per heavy atom. The average molecular weight is 535 g/mol. The van der Waals surface area contributed by atoms with Crippen molar-refractivity contribution in [1.82, 2.24) is 19.4 Å². The number of piperidine rings is 1. The third-order valence-corrected chi connectivity index (χ3v) is 7.85. The van der Waals surface area contributed by atoms with Crippen molar-refractivity contribution in [2.75, 3.05) is 19.8 Å². The van der Waals surface area contributed by atoms with Crippen molar-refractivity contribution in [2.45, 2.75) is 18.9 Å². The lowest BCUT2D eigenvalue weighted by molar-refractivity contribution is -0.139. The SMILES string of the molecule is Cn1cc(C2=C(c3cn(C4CCNCC4)c4ccccc34)C(=O)N(COP(=O)(O)O)C2=O)c2ccccc21. The molecule has 3 N–H and O–H groups in total. The number of benzene rings is 2. The Hall–Kier alpha value is -3.53. The first kappa shape index (κ1) is 24.8. The van der Waals surface area contributed by atoms with Crippen LogP contribution in [0.5, 0.6) is 0 Å². The summed E-state index contributed by atoms with van der Waals surface area (Å²) in [5.74, 6) is -1.31. The Kier molecular flexibility index (Phi) is 6.09. The largest absolute Gasteiger partial charge is 0.471 e. The fraction of sp³-hybridized carbons (Fsp3) is 0.259. The van der Waals surface area contributed by atoms with Gasteiger partial charge in [-0.25, -0.2) is 9.46 Å². The number of aromatic nitrogens is 2. The number of fused-ring (bicyclic) bond motifs is 2. The average Bonchev–Trinajstić information content (AvgIpc) is 3.52. The number of hydrogen-bond donors (Lipinski definition) is 3. The summed E-state index contributed by atoms with van der Waals surface area (Å²) in [7, 11) is -3.06. The summed E-state index contributed by atoms with van der Waals surface area (Å²) < 4.78 is 20.1. The van der Waals surface area contributed by atoms with E-state index in [1.807, 2.05) is 72.5 Å². The predicted molar refractivity (Wildman–Crippen MR) is 143 cm³/mol. The summed E-state index contributed by atoms with van der Waals surface area (Å²) >= 11 is 0. The molecule has 0 spiro atoms. The number of carbonyl (C=O) groups is 2. The highest BCUT2D eigenvalue weighted by Crippen LogP contribution is 2.44. The van der Waals surface area contributed by atoms with Gasteiger partial charge in [-0.3, -0.25) is 14.1 Å². The first-order valence-electron chi connectivity index (χ1n) is 12.4. The van der Waals surface area contributed by atoms with Crippen molar-refractivity contribution in [3.05, 3.63) is 72.1 Å². The second-order valence-corrected chi connectivity index (χ2v) is 10.9. The van der Waals surface area contributed by atoms with E-state index in [0.29, 0.717) is 11.1 Å². The molecule has 1 fully saturated rings. The molecular weight excluding hydrogens is 507 g/mol. The first-order chi connectivity index (χ1) is 18.2. The summed E-state index contributed by atoms with van der Waals surface area (Å²) in [5, 5.41) is 5.01. The van der Waals surface area contributed by atoms with E-state index in [2.05, 4.69) is 14.4 Å². The van der Waals surface area contributed by atoms with Crippen molar-refractivity contribution in [1.29, 1.82) is 0 Å². The quantitative estimate of drug-likeness (QED) is 0.256. The van der Waals surface area contributed by atoms with Crippen LogP contribution < -0.4 is 5.32 Å². The normalized spacial score (nSPS) is 17.5. The number of aryl methyl sites for hydroxylation is 1. The van der Waals surface area contributed by atoms with Crippen LogP contribution in [0.4, 0.5) is 0 Å². The van der Waals surface area contributed by atoms with Crippen LogP contribution >= 0.6 is 7.82 Å². The van der Waals surface area contributed by atoms with Gasteiger partial charge < -0.3 is 24.2 Å². The monoisotopic (exact) mass is 534 g/mol. The Balaban J connectivity index is 1.59. The van der Waals surface area contributed by atoms with Gasteiger partial charge in [0.2, 0.25) is 0 Å². The lowest BCUT2D eigenvalue weighted by atomic mass is 9.95. The fourth-order valence-corrected chi connectivity index (χ4v) is 5.92. The van der Waals surface area contributed by atoms with Crippen LogP contribution in [0.2, 0.25) is 0 Å². The number of nitrogens with zero attached hydrogens (tertiary/aromatic N) is 3. The Bertz CT molecular complexity index is 1670. The van der Waals surface area contributed by atoms with Crippen molar-refractivity contribution >= 4 is 52.6 Å². The van der Waals surface area contributed by atoms with Crippen LogP contribution in [0.25, 0.3) is 33.0 Å². The molecule has 2 aliphatic heterocycles.